The van der Waals surface area contributed by atoms with Crippen molar-refractivity contribution in [1.82, 2.24) is 15.2 Å². The van der Waals surface area contributed by atoms with Gasteiger partial charge in [-0.2, -0.15) is 10.0 Å². The summed E-state index contributed by atoms with van der Waals surface area (Å²) in [5.74, 6) is 1.22. The van der Waals surface area contributed by atoms with Gasteiger partial charge in [0.2, 0.25) is 0 Å². The summed E-state index contributed by atoms with van der Waals surface area (Å²) in [6.45, 7) is -0.0473. The molecule has 1 aromatic heterocycles. The molecule has 0 N–H and O–H groups in total. The van der Waals surface area contributed by atoms with E-state index in [1.807, 2.05) is 0 Å². The molecule has 6 nitrogen and oxygen atoms in total. The molecular formula is C16H11FN4O2. The minimum absolute atomic E-state index is 0.0473. The second-order valence-corrected chi connectivity index (χ2v) is 4.64. The van der Waals surface area contributed by atoms with Gasteiger partial charge in [-0.25, -0.2) is 9.37 Å². The third-order valence-electron chi connectivity index (χ3n) is 3.00. The summed E-state index contributed by atoms with van der Waals surface area (Å²) in [6, 6.07) is 12.8. The number of ether oxygens (including phenoxy) is 1. The number of hydrogen-bond acceptors (Lipinski definition) is 6. The first-order chi connectivity index (χ1) is 11.2. The van der Waals surface area contributed by atoms with Crippen molar-refractivity contribution in [2.75, 3.05) is 0 Å². The zero-order valence-electron chi connectivity index (χ0n) is 11.9. The summed E-state index contributed by atoms with van der Waals surface area (Å²) in [5.41, 5.74) is 1.19. The highest BCUT2D eigenvalue weighted by molar-refractivity contribution is 5.55. The Bertz CT molecular complexity index is 807. The lowest BCUT2D eigenvalue weighted by Gasteiger charge is -2.06. The van der Waals surface area contributed by atoms with Crippen LogP contribution in [0.5, 0.6) is 11.5 Å². The zero-order chi connectivity index (χ0) is 16.1. The molecule has 23 heavy (non-hydrogen) atoms. The van der Waals surface area contributed by atoms with Crippen LogP contribution in [0, 0.1) is 10.7 Å². The number of nitroso groups, excluding NO2 is 1. The van der Waals surface area contributed by atoms with E-state index in [0.717, 1.165) is 5.56 Å². The maximum Gasteiger partial charge on any atom is 0.182 e. The number of aromatic nitrogens is 3. The summed E-state index contributed by atoms with van der Waals surface area (Å²) < 4.78 is 18.5. The number of benzene rings is 2. The highest BCUT2D eigenvalue weighted by Gasteiger charge is 2.05. The van der Waals surface area contributed by atoms with Gasteiger partial charge in [-0.1, -0.05) is 5.18 Å². The standard InChI is InChI=1S/C16H11FN4O2/c17-12-3-7-15(8-4-12)23-14-5-1-11(2-6-14)16-20-13(10-19-22)9-18-21-16/h1-9H,10H2. The van der Waals surface area contributed by atoms with E-state index in [1.165, 1.54) is 18.3 Å². The SMILES string of the molecule is O=NCc1cnnc(-c2ccc(Oc3ccc(F)cc3)cc2)n1. The van der Waals surface area contributed by atoms with Crippen LogP contribution in [0.1, 0.15) is 5.69 Å². The molecule has 0 aliphatic carbocycles. The van der Waals surface area contributed by atoms with Gasteiger partial charge < -0.3 is 4.74 Å². The van der Waals surface area contributed by atoms with Crippen LogP contribution >= 0.6 is 0 Å². The third kappa shape index (κ3) is 3.70. The molecule has 0 unspecified atom stereocenters. The molecule has 0 aliphatic heterocycles. The van der Waals surface area contributed by atoms with Gasteiger partial charge in [-0.3, -0.25) is 0 Å². The van der Waals surface area contributed by atoms with Gasteiger partial charge in [0.1, 0.15) is 23.9 Å². The smallest absolute Gasteiger partial charge is 0.182 e. The summed E-state index contributed by atoms with van der Waals surface area (Å²) >= 11 is 0. The Morgan fingerprint density at radius 3 is 2.30 bits per heavy atom. The number of hydrogen-bond donors (Lipinski definition) is 0. The number of nitrogens with zero attached hydrogens (tertiary/aromatic N) is 4. The molecule has 1 heterocycles. The van der Waals surface area contributed by atoms with Crippen molar-refractivity contribution in [2.45, 2.75) is 6.54 Å². The van der Waals surface area contributed by atoms with Crippen LogP contribution in [-0.2, 0) is 6.54 Å². The number of rotatable bonds is 5. The molecule has 0 fully saturated rings. The Labute approximate surface area is 131 Å². The van der Waals surface area contributed by atoms with Crippen LogP contribution in [0.3, 0.4) is 0 Å². The largest absolute Gasteiger partial charge is 0.457 e. The van der Waals surface area contributed by atoms with Crippen LogP contribution in [0.2, 0.25) is 0 Å². The first-order valence-corrected chi connectivity index (χ1v) is 6.76. The quantitative estimate of drug-likeness (QED) is 0.671. The minimum atomic E-state index is -0.318. The molecule has 0 atom stereocenters. The van der Waals surface area contributed by atoms with Crippen LogP contribution in [-0.4, -0.2) is 15.2 Å². The first-order valence-electron chi connectivity index (χ1n) is 6.76. The predicted octanol–water partition coefficient (Wildman–Crippen LogP) is 3.74. The second kappa shape index (κ2) is 6.69. The molecule has 0 spiro atoms. The van der Waals surface area contributed by atoms with Crippen molar-refractivity contribution in [2.24, 2.45) is 5.18 Å². The normalized spacial score (nSPS) is 10.3. The van der Waals surface area contributed by atoms with Gasteiger partial charge in [0.05, 0.1) is 11.9 Å². The van der Waals surface area contributed by atoms with Gasteiger partial charge in [-0.15, -0.1) is 5.10 Å². The van der Waals surface area contributed by atoms with E-state index < -0.39 is 0 Å². The van der Waals surface area contributed by atoms with Gasteiger partial charge in [0, 0.05) is 5.56 Å². The monoisotopic (exact) mass is 310 g/mol. The van der Waals surface area contributed by atoms with Crippen molar-refractivity contribution in [3.05, 3.63) is 71.1 Å². The van der Waals surface area contributed by atoms with Gasteiger partial charge >= 0.3 is 0 Å². The van der Waals surface area contributed by atoms with Crippen molar-refractivity contribution in [1.29, 1.82) is 0 Å². The average molecular weight is 310 g/mol. The average Bonchev–Trinajstić information content (AvgIpc) is 2.58. The molecule has 0 saturated heterocycles. The van der Waals surface area contributed by atoms with Crippen molar-refractivity contribution < 1.29 is 9.13 Å². The summed E-state index contributed by atoms with van der Waals surface area (Å²) in [5, 5.41) is 10.5. The molecule has 3 aromatic rings. The fourth-order valence-corrected chi connectivity index (χ4v) is 1.91. The third-order valence-corrected chi connectivity index (χ3v) is 3.00. The highest BCUT2D eigenvalue weighted by atomic mass is 19.1. The molecule has 0 bridgehead atoms. The Balaban J connectivity index is 1.77. The van der Waals surface area contributed by atoms with Crippen molar-refractivity contribution in [3.63, 3.8) is 0 Å². The molecule has 114 valence electrons. The maximum absolute atomic E-state index is 12.9. The van der Waals surface area contributed by atoms with Gasteiger partial charge in [0.25, 0.3) is 0 Å². The van der Waals surface area contributed by atoms with Crippen molar-refractivity contribution >= 4 is 0 Å². The summed E-state index contributed by atoms with van der Waals surface area (Å²) in [6.07, 6.45) is 1.40. The van der Waals surface area contributed by atoms with E-state index >= 15 is 0 Å². The van der Waals surface area contributed by atoms with E-state index in [0.29, 0.717) is 23.0 Å². The molecule has 0 aliphatic rings. The highest BCUT2D eigenvalue weighted by Crippen LogP contribution is 2.24. The van der Waals surface area contributed by atoms with E-state index in [-0.39, 0.29) is 12.4 Å². The fourth-order valence-electron chi connectivity index (χ4n) is 1.91. The van der Waals surface area contributed by atoms with E-state index in [1.54, 1.807) is 36.4 Å². The number of halogens is 1. The Morgan fingerprint density at radius 2 is 1.65 bits per heavy atom. The lowest BCUT2D eigenvalue weighted by atomic mass is 10.2. The summed E-state index contributed by atoms with van der Waals surface area (Å²) in [4.78, 5) is 14.5. The van der Waals surface area contributed by atoms with E-state index in [2.05, 4.69) is 20.4 Å². The predicted molar refractivity (Wildman–Crippen MR) is 81.2 cm³/mol. The van der Waals surface area contributed by atoms with Gasteiger partial charge in [-0.05, 0) is 48.5 Å². The topological polar surface area (TPSA) is 77.3 Å². The lowest BCUT2D eigenvalue weighted by Crippen LogP contribution is -1.97. The fraction of sp³-hybridized carbons (Fsp3) is 0.0625. The van der Waals surface area contributed by atoms with Crippen LogP contribution < -0.4 is 4.74 Å². The van der Waals surface area contributed by atoms with Crippen molar-refractivity contribution in [3.8, 4) is 22.9 Å². The van der Waals surface area contributed by atoms with Crippen LogP contribution in [0.15, 0.2) is 59.9 Å². The minimum Gasteiger partial charge on any atom is -0.457 e. The Morgan fingerprint density at radius 1 is 1.00 bits per heavy atom. The van der Waals surface area contributed by atoms with Crippen LogP contribution in [0.25, 0.3) is 11.4 Å². The molecule has 2 aromatic carbocycles. The van der Waals surface area contributed by atoms with E-state index in [4.69, 9.17) is 4.74 Å². The van der Waals surface area contributed by atoms with E-state index in [9.17, 15) is 9.30 Å². The van der Waals surface area contributed by atoms with Gasteiger partial charge in [0.15, 0.2) is 5.82 Å². The Kier molecular flexibility index (Phi) is 4.28. The molecule has 0 radical (unpaired) electrons. The zero-order valence-corrected chi connectivity index (χ0v) is 11.9. The maximum atomic E-state index is 12.9. The molecule has 7 heteroatoms. The molecule has 0 amide bonds. The van der Waals surface area contributed by atoms with Crippen LogP contribution in [0.4, 0.5) is 4.39 Å². The summed E-state index contributed by atoms with van der Waals surface area (Å²) in [7, 11) is 0. The Hall–Kier alpha value is -3.22. The molecule has 0 saturated carbocycles. The molecule has 3 rings (SSSR count). The first kappa shape index (κ1) is 14.7. The lowest BCUT2D eigenvalue weighted by molar-refractivity contribution is 0.480. The molecular weight excluding hydrogens is 299 g/mol. The second-order valence-electron chi connectivity index (χ2n) is 4.64.